The van der Waals surface area contributed by atoms with Crippen LogP contribution in [0, 0.1) is 19.8 Å². The molecule has 0 saturated heterocycles. The SMILES string of the molecule is COc1ccnc(C[S+]([O-])c2nc3cc(C)c(OCC(C)C)nc3[nH]2)c1C.[NaH]. The van der Waals surface area contributed by atoms with Gasteiger partial charge in [0.15, 0.2) is 11.4 Å². The van der Waals surface area contributed by atoms with Gasteiger partial charge in [0.25, 0.3) is 0 Å². The van der Waals surface area contributed by atoms with E-state index < -0.39 is 11.2 Å². The van der Waals surface area contributed by atoms with E-state index >= 15 is 0 Å². The Balaban J connectivity index is 0.00000280. The Bertz CT molecular complexity index is 948. The van der Waals surface area contributed by atoms with Crippen molar-refractivity contribution in [2.75, 3.05) is 13.7 Å². The van der Waals surface area contributed by atoms with E-state index in [2.05, 4.69) is 33.8 Å². The van der Waals surface area contributed by atoms with Gasteiger partial charge in [-0.1, -0.05) is 13.8 Å². The second kappa shape index (κ2) is 9.93. The third-order valence-electron chi connectivity index (χ3n) is 4.11. The quantitative estimate of drug-likeness (QED) is 0.473. The first-order valence-corrected chi connectivity index (χ1v) is 10.1. The number of aromatic amines is 1. The van der Waals surface area contributed by atoms with E-state index in [0.29, 0.717) is 34.7 Å². The van der Waals surface area contributed by atoms with Crippen LogP contribution in [-0.2, 0) is 16.9 Å². The molecule has 3 aromatic heterocycles. The molecule has 0 fully saturated rings. The predicted molar refractivity (Wildman–Crippen MR) is 112 cm³/mol. The number of hydrogen-bond acceptors (Lipinski definition) is 6. The molecule has 1 unspecified atom stereocenters. The predicted octanol–water partition coefficient (Wildman–Crippen LogP) is 2.67. The number of nitrogens with zero attached hydrogens (tertiary/aromatic N) is 3. The molecule has 9 heteroatoms. The molecule has 3 aromatic rings. The van der Waals surface area contributed by atoms with Crippen LogP contribution >= 0.6 is 0 Å². The minimum absolute atomic E-state index is 0. The molecular formula is C19H25N4NaO3S. The number of aromatic nitrogens is 4. The van der Waals surface area contributed by atoms with Crippen molar-refractivity contribution in [1.29, 1.82) is 0 Å². The fraction of sp³-hybridized carbons (Fsp3) is 0.421. The Morgan fingerprint density at radius 2 is 2.00 bits per heavy atom. The molecule has 28 heavy (non-hydrogen) atoms. The van der Waals surface area contributed by atoms with Crippen molar-refractivity contribution in [3.05, 3.63) is 35.2 Å². The summed E-state index contributed by atoms with van der Waals surface area (Å²) in [7, 11) is 1.61. The number of ether oxygens (including phenoxy) is 2. The fourth-order valence-electron chi connectivity index (χ4n) is 2.62. The first-order chi connectivity index (χ1) is 12.9. The van der Waals surface area contributed by atoms with Crippen molar-refractivity contribution in [1.82, 2.24) is 19.9 Å². The first-order valence-electron chi connectivity index (χ1n) is 8.76. The zero-order chi connectivity index (χ0) is 19.6. The maximum atomic E-state index is 12.8. The Morgan fingerprint density at radius 1 is 1.25 bits per heavy atom. The zero-order valence-electron chi connectivity index (χ0n) is 16.2. The van der Waals surface area contributed by atoms with Gasteiger partial charge in [0.05, 0.1) is 19.4 Å². The summed E-state index contributed by atoms with van der Waals surface area (Å²) >= 11 is -1.38. The summed E-state index contributed by atoms with van der Waals surface area (Å²) in [6, 6.07) is 3.68. The van der Waals surface area contributed by atoms with E-state index in [1.165, 1.54) is 0 Å². The van der Waals surface area contributed by atoms with Crippen molar-refractivity contribution in [3.8, 4) is 11.6 Å². The molecule has 0 aliphatic rings. The van der Waals surface area contributed by atoms with Crippen molar-refractivity contribution in [3.63, 3.8) is 0 Å². The molecule has 3 rings (SSSR count). The number of rotatable bonds is 7. The fourth-order valence-corrected chi connectivity index (χ4v) is 3.70. The Labute approximate surface area is 190 Å². The Kier molecular flexibility index (Phi) is 8.15. The molecule has 0 radical (unpaired) electrons. The summed E-state index contributed by atoms with van der Waals surface area (Å²) in [6.45, 7) is 8.59. The average molecular weight is 412 g/mol. The van der Waals surface area contributed by atoms with Gasteiger partial charge in [0.1, 0.15) is 11.3 Å². The van der Waals surface area contributed by atoms with Crippen LogP contribution in [0.2, 0.25) is 0 Å². The van der Waals surface area contributed by atoms with E-state index in [0.717, 1.165) is 22.6 Å². The number of imidazole rings is 1. The molecule has 0 aliphatic heterocycles. The number of H-pyrrole nitrogens is 1. The van der Waals surface area contributed by atoms with Gasteiger partial charge >= 0.3 is 34.7 Å². The van der Waals surface area contributed by atoms with Crippen molar-refractivity contribution in [2.24, 2.45) is 5.92 Å². The number of fused-ring (bicyclic) bond motifs is 1. The molecule has 0 aliphatic carbocycles. The monoisotopic (exact) mass is 412 g/mol. The van der Waals surface area contributed by atoms with Gasteiger partial charge in [0, 0.05) is 28.5 Å². The van der Waals surface area contributed by atoms with Crippen LogP contribution in [0.15, 0.2) is 23.5 Å². The maximum absolute atomic E-state index is 12.8. The summed E-state index contributed by atoms with van der Waals surface area (Å²) in [5.74, 6) is 1.96. The normalized spacial score (nSPS) is 12.1. The molecule has 0 bridgehead atoms. The molecule has 7 nitrogen and oxygen atoms in total. The van der Waals surface area contributed by atoms with Gasteiger partial charge in [-0.25, -0.2) is 0 Å². The molecule has 0 spiro atoms. The third-order valence-corrected chi connectivity index (χ3v) is 5.27. The van der Waals surface area contributed by atoms with Gasteiger partial charge in [-0.05, 0) is 31.9 Å². The van der Waals surface area contributed by atoms with Gasteiger partial charge in [-0.15, -0.1) is 0 Å². The van der Waals surface area contributed by atoms with Crippen molar-refractivity contribution < 1.29 is 14.0 Å². The minimum atomic E-state index is -1.38. The summed E-state index contributed by atoms with van der Waals surface area (Å²) in [6.07, 6.45) is 1.65. The van der Waals surface area contributed by atoms with E-state index in [1.54, 1.807) is 19.4 Å². The Hall–Kier alpha value is -1.32. The van der Waals surface area contributed by atoms with Crippen LogP contribution in [0.5, 0.6) is 11.6 Å². The summed E-state index contributed by atoms with van der Waals surface area (Å²) in [4.78, 5) is 16.3. The van der Waals surface area contributed by atoms with E-state index in [4.69, 9.17) is 9.47 Å². The van der Waals surface area contributed by atoms with Crippen LogP contribution in [-0.4, -0.2) is 67.8 Å². The Morgan fingerprint density at radius 3 is 2.68 bits per heavy atom. The molecule has 1 atom stereocenters. The van der Waals surface area contributed by atoms with Crippen LogP contribution in [0.1, 0.15) is 30.7 Å². The number of aryl methyl sites for hydroxylation is 1. The van der Waals surface area contributed by atoms with Crippen LogP contribution in [0.25, 0.3) is 11.2 Å². The van der Waals surface area contributed by atoms with E-state index in [-0.39, 0.29) is 35.3 Å². The standard InChI is InChI=1S/C19H24N4O3S.Na.H/c1-11(2)9-26-18-12(3)8-14-17(22-18)23-19(21-14)27(24)10-15-13(4)16(25-5)6-7-20-15;;/h6-8,11H,9-10H2,1-5H3,(H,21,22,23);;. The topological polar surface area (TPSA) is 96.0 Å². The second-order valence-corrected chi connectivity index (χ2v) is 8.17. The number of nitrogens with one attached hydrogen (secondary N) is 1. The number of hydrogen-bond donors (Lipinski definition) is 1. The molecule has 0 amide bonds. The van der Waals surface area contributed by atoms with E-state index in [9.17, 15) is 4.55 Å². The molecule has 0 aromatic carbocycles. The van der Waals surface area contributed by atoms with Crippen molar-refractivity contribution in [2.45, 2.75) is 38.6 Å². The van der Waals surface area contributed by atoms with Gasteiger partial charge in [-0.2, -0.15) is 9.97 Å². The summed E-state index contributed by atoms with van der Waals surface area (Å²) < 4.78 is 23.9. The van der Waals surface area contributed by atoms with E-state index in [1.807, 2.05) is 19.9 Å². The molecular weight excluding hydrogens is 387 g/mol. The average Bonchev–Trinajstić information content (AvgIpc) is 3.04. The van der Waals surface area contributed by atoms with Crippen LogP contribution in [0.4, 0.5) is 0 Å². The third kappa shape index (κ3) is 5.18. The zero-order valence-corrected chi connectivity index (χ0v) is 17.0. The molecule has 1 N–H and O–H groups in total. The summed E-state index contributed by atoms with van der Waals surface area (Å²) in [5.41, 5.74) is 3.74. The summed E-state index contributed by atoms with van der Waals surface area (Å²) in [5, 5.41) is 0.377. The van der Waals surface area contributed by atoms with Gasteiger partial charge in [-0.3, -0.25) is 9.97 Å². The van der Waals surface area contributed by atoms with Gasteiger partial charge in [0.2, 0.25) is 5.88 Å². The first kappa shape index (κ1) is 23.0. The van der Waals surface area contributed by atoms with Crippen molar-refractivity contribution >= 4 is 51.9 Å². The molecule has 146 valence electrons. The number of methoxy groups -OCH3 is 1. The second-order valence-electron chi connectivity index (χ2n) is 6.80. The number of pyridine rings is 2. The van der Waals surface area contributed by atoms with Crippen LogP contribution < -0.4 is 9.47 Å². The molecule has 3 heterocycles. The van der Waals surface area contributed by atoms with Crippen LogP contribution in [0.3, 0.4) is 0 Å². The molecule has 0 saturated carbocycles. The van der Waals surface area contributed by atoms with Gasteiger partial charge < -0.3 is 14.0 Å².